The molecule has 1 aliphatic carbocycles. The molecule has 0 radical (unpaired) electrons. The highest BCUT2D eigenvalue weighted by Crippen LogP contribution is 2.39. The minimum absolute atomic E-state index is 0.135. The number of piperidine rings is 1. The quantitative estimate of drug-likeness (QED) is 0.707. The Labute approximate surface area is 204 Å². The number of aliphatic imine (C=N–C) groups is 1. The Morgan fingerprint density at radius 3 is 2.66 bits per heavy atom. The minimum atomic E-state index is -0.764. The minimum Gasteiger partial charge on any atom is -0.370 e. The van der Waals surface area contributed by atoms with Crippen molar-refractivity contribution in [3.63, 3.8) is 0 Å². The summed E-state index contributed by atoms with van der Waals surface area (Å²) in [6, 6.07) is 13.2. The number of nitrogens with zero attached hydrogens (tertiary/aromatic N) is 3. The molecular weight excluding hydrogens is 448 g/mol. The van der Waals surface area contributed by atoms with Gasteiger partial charge in [-0.05, 0) is 61.1 Å². The fourth-order valence-electron chi connectivity index (χ4n) is 6.42. The largest absolute Gasteiger partial charge is 0.370 e. The normalized spacial score (nSPS) is 26.5. The molecule has 2 N–H and O–H groups in total. The van der Waals surface area contributed by atoms with E-state index in [1.807, 2.05) is 18.2 Å². The lowest BCUT2D eigenvalue weighted by atomic mass is 9.80. The van der Waals surface area contributed by atoms with Crippen LogP contribution in [-0.4, -0.2) is 61.1 Å². The second-order valence-electron chi connectivity index (χ2n) is 10.2. The third-order valence-electron chi connectivity index (χ3n) is 8.36. The zero-order valence-electron chi connectivity index (χ0n) is 19.8. The van der Waals surface area contributed by atoms with Gasteiger partial charge >= 0.3 is 0 Å². The topological polar surface area (TPSA) is 60.0 Å². The van der Waals surface area contributed by atoms with E-state index >= 15 is 0 Å². The van der Waals surface area contributed by atoms with Gasteiger partial charge in [0.05, 0.1) is 19.0 Å². The molecule has 2 aromatic carbocycles. The molecule has 184 valence electrons. The maximum Gasteiger partial charge on any atom is 0.247 e. The lowest BCUT2D eigenvalue weighted by molar-refractivity contribution is -0.125. The third kappa shape index (κ3) is 3.97. The molecule has 3 saturated heterocycles. The average Bonchev–Trinajstić information content (AvgIpc) is 3.43. The maximum absolute atomic E-state index is 13.9. The zero-order valence-corrected chi connectivity index (χ0v) is 19.8. The van der Waals surface area contributed by atoms with Crippen LogP contribution in [0.15, 0.2) is 47.5 Å². The third-order valence-corrected chi connectivity index (χ3v) is 8.36. The van der Waals surface area contributed by atoms with Gasteiger partial charge in [0.25, 0.3) is 0 Å². The SMILES string of the molecule is O=C1NCN(c2ccccc2)C12CCN(CCN=C1C[C@H]3c4cc(F)c(F)cc4CC[C@H]3N1)CC2. The number of likely N-dealkylation sites (tertiary alicyclic amines) is 1. The number of hydrogen-bond acceptors (Lipinski definition) is 4. The van der Waals surface area contributed by atoms with Gasteiger partial charge in [-0.1, -0.05) is 18.2 Å². The van der Waals surface area contributed by atoms with Crippen molar-refractivity contribution in [2.75, 3.05) is 37.7 Å². The van der Waals surface area contributed by atoms with E-state index in [1.54, 1.807) is 0 Å². The van der Waals surface area contributed by atoms with Crippen LogP contribution < -0.4 is 15.5 Å². The Balaban J connectivity index is 1.05. The Bertz CT molecular complexity index is 1150. The van der Waals surface area contributed by atoms with Gasteiger partial charge in [0.1, 0.15) is 5.54 Å². The monoisotopic (exact) mass is 479 g/mol. The molecule has 3 aliphatic heterocycles. The smallest absolute Gasteiger partial charge is 0.247 e. The molecule has 0 aromatic heterocycles. The number of carbonyl (C=O) groups is 1. The number of halogens is 2. The number of amides is 1. The second-order valence-corrected chi connectivity index (χ2v) is 10.2. The van der Waals surface area contributed by atoms with E-state index in [1.165, 1.54) is 12.1 Å². The van der Waals surface area contributed by atoms with Crippen molar-refractivity contribution in [1.82, 2.24) is 15.5 Å². The second kappa shape index (κ2) is 8.90. The van der Waals surface area contributed by atoms with E-state index in [0.717, 1.165) is 74.4 Å². The van der Waals surface area contributed by atoms with E-state index in [0.29, 0.717) is 13.2 Å². The maximum atomic E-state index is 13.9. The van der Waals surface area contributed by atoms with Gasteiger partial charge in [0.15, 0.2) is 11.6 Å². The van der Waals surface area contributed by atoms with Crippen LogP contribution in [0.3, 0.4) is 0 Å². The van der Waals surface area contributed by atoms with Gasteiger partial charge < -0.3 is 20.4 Å². The Morgan fingerprint density at radius 1 is 1.09 bits per heavy atom. The highest BCUT2D eigenvalue weighted by Gasteiger charge is 2.50. The highest BCUT2D eigenvalue weighted by molar-refractivity contribution is 5.93. The highest BCUT2D eigenvalue weighted by atomic mass is 19.2. The summed E-state index contributed by atoms with van der Waals surface area (Å²) in [5.74, 6) is -0.258. The molecule has 2 atom stereocenters. The van der Waals surface area contributed by atoms with Crippen molar-refractivity contribution in [2.45, 2.75) is 49.6 Å². The number of anilines is 1. The van der Waals surface area contributed by atoms with E-state index in [4.69, 9.17) is 4.99 Å². The van der Waals surface area contributed by atoms with Crippen molar-refractivity contribution >= 4 is 17.4 Å². The predicted octanol–water partition coefficient (Wildman–Crippen LogP) is 3.18. The average molecular weight is 480 g/mol. The summed E-state index contributed by atoms with van der Waals surface area (Å²) in [4.78, 5) is 22.3. The summed E-state index contributed by atoms with van der Waals surface area (Å²) in [6.07, 6.45) is 4.02. The molecule has 0 unspecified atom stereocenters. The van der Waals surface area contributed by atoms with Crippen molar-refractivity contribution in [3.05, 3.63) is 65.2 Å². The molecule has 35 heavy (non-hydrogen) atoms. The Hall–Kier alpha value is -3.00. The molecule has 4 aliphatic rings. The van der Waals surface area contributed by atoms with Crippen LogP contribution >= 0.6 is 0 Å². The van der Waals surface area contributed by atoms with Crippen LogP contribution in [0.4, 0.5) is 14.5 Å². The van der Waals surface area contributed by atoms with E-state index in [2.05, 4.69) is 32.6 Å². The number of nitrogens with one attached hydrogen (secondary N) is 2. The first-order chi connectivity index (χ1) is 17.0. The van der Waals surface area contributed by atoms with Gasteiger partial charge in [-0.2, -0.15) is 0 Å². The summed E-state index contributed by atoms with van der Waals surface area (Å²) in [5, 5.41) is 6.59. The summed E-state index contributed by atoms with van der Waals surface area (Å²) < 4.78 is 27.5. The number of rotatable bonds is 4. The fourth-order valence-corrected chi connectivity index (χ4v) is 6.42. The van der Waals surface area contributed by atoms with Gasteiger partial charge in [-0.3, -0.25) is 9.79 Å². The first-order valence-electron chi connectivity index (χ1n) is 12.6. The molecule has 0 saturated carbocycles. The van der Waals surface area contributed by atoms with Crippen molar-refractivity contribution in [1.29, 1.82) is 0 Å². The van der Waals surface area contributed by atoms with Crippen molar-refractivity contribution in [3.8, 4) is 0 Å². The first kappa shape index (κ1) is 22.5. The standard InChI is InChI=1S/C27H31F2N5O/c28-22-14-18-6-7-24-21(20(18)15-23(22)29)16-25(32-24)30-10-13-33-11-8-27(9-12-33)26(35)31-17-34(27)19-4-2-1-3-5-19/h1-5,14-15,21,24H,6-13,16-17H2,(H,30,32)(H,31,35)/t21-,24+/m0/s1. The molecule has 0 bridgehead atoms. The molecule has 8 heteroatoms. The van der Waals surface area contributed by atoms with Gasteiger partial charge in [0.2, 0.25) is 5.91 Å². The van der Waals surface area contributed by atoms with Crippen molar-refractivity contribution < 1.29 is 13.6 Å². The van der Waals surface area contributed by atoms with Crippen molar-refractivity contribution in [2.24, 2.45) is 4.99 Å². The Morgan fingerprint density at radius 2 is 1.86 bits per heavy atom. The summed E-state index contributed by atoms with van der Waals surface area (Å²) in [6.45, 7) is 3.81. The van der Waals surface area contributed by atoms with Gasteiger partial charge in [-0.25, -0.2) is 8.78 Å². The lowest BCUT2D eigenvalue weighted by Crippen LogP contribution is -2.56. The molecule has 3 fully saturated rings. The lowest BCUT2D eigenvalue weighted by Gasteiger charge is -2.43. The van der Waals surface area contributed by atoms with Crippen LogP contribution in [0, 0.1) is 11.6 Å². The molecule has 6 rings (SSSR count). The van der Waals surface area contributed by atoms with Crippen LogP contribution in [0.1, 0.15) is 42.7 Å². The number of para-hydroxylation sites is 1. The van der Waals surface area contributed by atoms with E-state index < -0.39 is 17.2 Å². The molecular formula is C27H31F2N5O. The number of benzene rings is 2. The number of fused-ring (bicyclic) bond motifs is 3. The number of aryl methyl sites for hydroxylation is 1. The first-order valence-corrected chi connectivity index (χ1v) is 12.6. The number of hydrogen-bond donors (Lipinski definition) is 2. The molecule has 1 spiro atoms. The molecule has 3 heterocycles. The van der Waals surface area contributed by atoms with Gasteiger partial charge in [-0.15, -0.1) is 0 Å². The summed E-state index contributed by atoms with van der Waals surface area (Å²) in [7, 11) is 0. The van der Waals surface area contributed by atoms with Crippen LogP contribution in [0.2, 0.25) is 0 Å². The Kier molecular flexibility index (Phi) is 5.71. The van der Waals surface area contributed by atoms with Crippen LogP contribution in [0.25, 0.3) is 0 Å². The summed E-state index contributed by atoms with van der Waals surface area (Å²) in [5.41, 5.74) is 2.48. The molecule has 6 nitrogen and oxygen atoms in total. The predicted molar refractivity (Wildman–Crippen MR) is 132 cm³/mol. The van der Waals surface area contributed by atoms with E-state index in [9.17, 15) is 13.6 Å². The number of carbonyl (C=O) groups excluding carboxylic acids is 1. The van der Waals surface area contributed by atoms with Crippen LogP contribution in [-0.2, 0) is 11.2 Å². The zero-order chi connectivity index (χ0) is 24.0. The van der Waals surface area contributed by atoms with E-state index in [-0.39, 0.29) is 17.9 Å². The molecule has 1 amide bonds. The number of amidine groups is 1. The molecule has 2 aromatic rings. The summed E-state index contributed by atoms with van der Waals surface area (Å²) >= 11 is 0. The van der Waals surface area contributed by atoms with Gasteiger partial charge in [0, 0.05) is 43.7 Å². The van der Waals surface area contributed by atoms with Crippen LogP contribution in [0.5, 0.6) is 0 Å². The fraction of sp³-hybridized carbons (Fsp3) is 0.481.